The van der Waals surface area contributed by atoms with Crippen LogP contribution in [0.25, 0.3) is 0 Å². The molecule has 1 saturated carbocycles. The molecule has 0 nitrogen and oxygen atoms in total. The van der Waals surface area contributed by atoms with Gasteiger partial charge in [0, 0.05) is 0 Å². The number of hydrogen-bond donors (Lipinski definition) is 0. The normalized spacial score (nSPS) is 24.2. The molecule has 1 aliphatic rings. The second-order valence-corrected chi connectivity index (χ2v) is 19.4. The van der Waals surface area contributed by atoms with Crippen molar-refractivity contribution in [2.75, 3.05) is 0 Å². The van der Waals surface area contributed by atoms with Crippen molar-refractivity contribution in [1.29, 1.82) is 0 Å². The number of rotatable bonds is 9. The quantitative estimate of drug-likeness (QED) is 0.293. The zero-order chi connectivity index (χ0) is 29.0. The predicted octanol–water partition coefficient (Wildman–Crippen LogP) is 12.5. The summed E-state index contributed by atoms with van der Waals surface area (Å²) in [7, 11) is 0. The number of hydrogen-bond acceptors (Lipinski definition) is 0. The van der Waals surface area contributed by atoms with Gasteiger partial charge in [-0.3, -0.25) is 0 Å². The van der Waals surface area contributed by atoms with E-state index in [9.17, 15) is 0 Å². The van der Waals surface area contributed by atoms with Crippen molar-refractivity contribution in [3.05, 3.63) is 0 Å². The molecule has 3 atom stereocenters. The molecule has 0 amide bonds. The Kier molecular flexibility index (Phi) is 9.64. The Morgan fingerprint density at radius 3 is 1.08 bits per heavy atom. The van der Waals surface area contributed by atoms with Crippen LogP contribution in [0, 0.1) is 61.1 Å². The first-order chi connectivity index (χ1) is 15.5. The smallest absolute Gasteiger partial charge is 0.0274 e. The highest BCUT2D eigenvalue weighted by atomic mass is 14.6. The summed E-state index contributed by atoms with van der Waals surface area (Å²) in [6.07, 6.45) is 8.02. The van der Waals surface area contributed by atoms with Crippen molar-refractivity contribution in [3.8, 4) is 0 Å². The van der Waals surface area contributed by atoms with E-state index in [0.29, 0.717) is 37.9 Å². The van der Waals surface area contributed by atoms with Gasteiger partial charge >= 0.3 is 0 Å². The first-order valence-electron chi connectivity index (χ1n) is 15.5. The van der Waals surface area contributed by atoms with E-state index < -0.39 is 0 Å². The fourth-order valence-corrected chi connectivity index (χ4v) is 7.46. The lowest BCUT2D eigenvalue weighted by molar-refractivity contribution is -0.0964. The summed E-state index contributed by atoms with van der Waals surface area (Å²) in [5, 5.41) is 0. The largest absolute Gasteiger partial charge is 0.0649 e. The average Bonchev–Trinajstić information content (AvgIpc) is 2.64. The van der Waals surface area contributed by atoms with Crippen LogP contribution in [0.5, 0.6) is 0 Å². The SMILES string of the molecule is CCC(C)(C)CC(C)(C)C(C)(C)C1CC(C(C)(C)C)CC(C(C)(C)C(C)(C)CC(C)(C)C(C)(C)C)C1. The van der Waals surface area contributed by atoms with Crippen LogP contribution in [0.3, 0.4) is 0 Å². The van der Waals surface area contributed by atoms with Gasteiger partial charge in [-0.1, -0.05) is 138 Å². The van der Waals surface area contributed by atoms with Crippen molar-refractivity contribution in [3.63, 3.8) is 0 Å². The lowest BCUT2D eigenvalue weighted by Gasteiger charge is -2.59. The van der Waals surface area contributed by atoms with Crippen LogP contribution < -0.4 is 0 Å². The minimum absolute atomic E-state index is 0.280. The van der Waals surface area contributed by atoms with Crippen LogP contribution in [0.15, 0.2) is 0 Å². The van der Waals surface area contributed by atoms with Gasteiger partial charge in [-0.2, -0.15) is 0 Å². The maximum atomic E-state index is 2.64. The van der Waals surface area contributed by atoms with Gasteiger partial charge in [-0.15, -0.1) is 0 Å². The van der Waals surface area contributed by atoms with Gasteiger partial charge in [0.25, 0.3) is 0 Å². The molecule has 0 N–H and O–H groups in total. The molecule has 0 aromatic carbocycles. The average molecular weight is 505 g/mol. The topological polar surface area (TPSA) is 0 Å². The molecule has 0 bridgehead atoms. The molecule has 36 heavy (non-hydrogen) atoms. The highest BCUT2D eigenvalue weighted by Gasteiger charge is 2.54. The molecule has 1 fully saturated rings. The summed E-state index contributed by atoms with van der Waals surface area (Å²) in [5.41, 5.74) is 2.58. The highest BCUT2D eigenvalue weighted by molar-refractivity contribution is 5.03. The van der Waals surface area contributed by atoms with Crippen LogP contribution >= 0.6 is 0 Å². The fourth-order valence-electron chi connectivity index (χ4n) is 7.46. The van der Waals surface area contributed by atoms with E-state index in [1.165, 1.54) is 38.5 Å². The van der Waals surface area contributed by atoms with Crippen molar-refractivity contribution in [2.45, 2.75) is 170 Å². The zero-order valence-electron chi connectivity index (χ0n) is 29.0. The van der Waals surface area contributed by atoms with Crippen LogP contribution in [-0.2, 0) is 0 Å². The van der Waals surface area contributed by atoms with Gasteiger partial charge in [0.2, 0.25) is 0 Å². The first kappa shape index (κ1) is 34.0. The van der Waals surface area contributed by atoms with Crippen molar-refractivity contribution in [2.24, 2.45) is 61.1 Å². The molecular weight excluding hydrogens is 432 g/mol. The third-order valence-electron chi connectivity index (χ3n) is 13.3. The molecule has 0 aliphatic heterocycles. The van der Waals surface area contributed by atoms with Gasteiger partial charge in [-0.05, 0) is 93.2 Å². The van der Waals surface area contributed by atoms with E-state index in [0.717, 1.165) is 17.8 Å². The van der Waals surface area contributed by atoms with Gasteiger partial charge in [0.05, 0.1) is 0 Å². The van der Waals surface area contributed by atoms with E-state index in [4.69, 9.17) is 0 Å². The van der Waals surface area contributed by atoms with Crippen LogP contribution in [0.4, 0.5) is 0 Å². The summed E-state index contributed by atoms with van der Waals surface area (Å²) in [6, 6.07) is 0. The Labute approximate surface area is 231 Å². The summed E-state index contributed by atoms with van der Waals surface area (Å²) in [6.45, 7) is 48.1. The van der Waals surface area contributed by atoms with E-state index >= 15 is 0 Å². The minimum atomic E-state index is 0.280. The van der Waals surface area contributed by atoms with Crippen molar-refractivity contribution < 1.29 is 0 Å². The Morgan fingerprint density at radius 2 is 0.778 bits per heavy atom. The lowest BCUT2D eigenvalue weighted by Crippen LogP contribution is -2.51. The summed E-state index contributed by atoms with van der Waals surface area (Å²) in [4.78, 5) is 0. The second kappa shape index (κ2) is 10.2. The second-order valence-electron chi connectivity index (χ2n) is 19.4. The highest BCUT2D eigenvalue weighted by Crippen LogP contribution is 2.63. The van der Waals surface area contributed by atoms with Crippen molar-refractivity contribution >= 4 is 0 Å². The monoisotopic (exact) mass is 505 g/mol. The van der Waals surface area contributed by atoms with Gasteiger partial charge < -0.3 is 0 Å². The Hall–Kier alpha value is 0. The summed E-state index contributed by atoms with van der Waals surface area (Å²) >= 11 is 0. The molecule has 216 valence electrons. The van der Waals surface area contributed by atoms with Crippen LogP contribution in [0.1, 0.15) is 170 Å². The molecule has 1 aliphatic carbocycles. The fraction of sp³-hybridized carbons (Fsp3) is 1.00. The van der Waals surface area contributed by atoms with Gasteiger partial charge in [0.15, 0.2) is 0 Å². The van der Waals surface area contributed by atoms with E-state index in [2.05, 4.69) is 132 Å². The Morgan fingerprint density at radius 1 is 0.444 bits per heavy atom. The van der Waals surface area contributed by atoms with Crippen LogP contribution in [0.2, 0.25) is 0 Å². The molecule has 0 saturated heterocycles. The van der Waals surface area contributed by atoms with E-state index in [-0.39, 0.29) is 5.41 Å². The first-order valence-corrected chi connectivity index (χ1v) is 15.5. The molecule has 0 radical (unpaired) electrons. The molecule has 0 heteroatoms. The maximum absolute atomic E-state index is 2.64. The Bertz CT molecular complexity index is 710. The molecule has 3 unspecified atom stereocenters. The maximum Gasteiger partial charge on any atom is -0.0274 e. The molecule has 1 rings (SSSR count). The zero-order valence-corrected chi connectivity index (χ0v) is 29.0. The van der Waals surface area contributed by atoms with Crippen LogP contribution in [-0.4, -0.2) is 0 Å². The predicted molar refractivity (Wildman–Crippen MR) is 165 cm³/mol. The summed E-state index contributed by atoms with van der Waals surface area (Å²) in [5.74, 6) is 2.33. The molecular formula is C36H72. The van der Waals surface area contributed by atoms with Gasteiger partial charge in [-0.25, -0.2) is 0 Å². The third kappa shape index (κ3) is 7.14. The standard InChI is InChI=1S/C36H72/c1-20-31(8,9)24-33(12,13)35(16,17)27-21-26(29(2,3)4)22-28(23-27)36(18,19)34(14,15)25-32(10,11)30(5,6)7/h26-28H,20-25H2,1-19H3. The van der Waals surface area contributed by atoms with Gasteiger partial charge in [0.1, 0.15) is 0 Å². The molecule has 0 aromatic heterocycles. The van der Waals surface area contributed by atoms with E-state index in [1.807, 2.05) is 0 Å². The molecule has 0 spiro atoms. The van der Waals surface area contributed by atoms with E-state index in [1.54, 1.807) is 0 Å². The minimum Gasteiger partial charge on any atom is -0.0649 e. The summed E-state index contributed by atoms with van der Waals surface area (Å²) < 4.78 is 0. The molecule has 0 aromatic rings. The Balaban J connectivity index is 3.46. The third-order valence-corrected chi connectivity index (χ3v) is 13.3. The van der Waals surface area contributed by atoms with Crippen molar-refractivity contribution in [1.82, 2.24) is 0 Å². The molecule has 0 heterocycles. The lowest BCUT2D eigenvalue weighted by atomic mass is 9.46.